The van der Waals surface area contributed by atoms with E-state index in [9.17, 15) is 4.79 Å². The van der Waals surface area contributed by atoms with E-state index in [4.69, 9.17) is 4.74 Å². The van der Waals surface area contributed by atoms with E-state index in [1.807, 2.05) is 30.3 Å². The molecule has 0 aliphatic rings. The van der Waals surface area contributed by atoms with E-state index in [-0.39, 0.29) is 5.91 Å². The summed E-state index contributed by atoms with van der Waals surface area (Å²) in [6.07, 6.45) is 3.18. The number of rotatable bonds is 4. The molecule has 1 aromatic heterocycles. The number of hydrogen-bond donors (Lipinski definition) is 1. The van der Waals surface area contributed by atoms with Gasteiger partial charge in [-0.3, -0.25) is 4.79 Å². The molecule has 1 amide bonds. The second-order valence-corrected chi connectivity index (χ2v) is 4.85. The number of benzene rings is 2. The number of amides is 1. The van der Waals surface area contributed by atoms with Crippen molar-refractivity contribution in [1.29, 1.82) is 0 Å². The van der Waals surface area contributed by atoms with Crippen LogP contribution in [-0.4, -0.2) is 23.0 Å². The Morgan fingerprint density at radius 2 is 1.74 bits per heavy atom. The number of ether oxygens (including phenoxy) is 1. The summed E-state index contributed by atoms with van der Waals surface area (Å²) in [6.45, 7) is 0. The van der Waals surface area contributed by atoms with Crippen LogP contribution >= 0.6 is 0 Å². The minimum Gasteiger partial charge on any atom is -0.497 e. The maximum atomic E-state index is 12.2. The van der Waals surface area contributed by atoms with Crippen LogP contribution < -0.4 is 10.1 Å². The van der Waals surface area contributed by atoms with Crippen LogP contribution in [0, 0.1) is 0 Å². The fourth-order valence-corrected chi connectivity index (χ4v) is 2.10. The van der Waals surface area contributed by atoms with Crippen LogP contribution in [0.1, 0.15) is 10.4 Å². The van der Waals surface area contributed by atoms with Crippen molar-refractivity contribution < 1.29 is 9.53 Å². The van der Waals surface area contributed by atoms with Crippen molar-refractivity contribution in [1.82, 2.24) is 9.97 Å². The zero-order valence-corrected chi connectivity index (χ0v) is 12.6. The maximum Gasteiger partial charge on any atom is 0.255 e. The van der Waals surface area contributed by atoms with Gasteiger partial charge in [0.05, 0.1) is 25.2 Å². The van der Waals surface area contributed by atoms with Crippen LogP contribution in [0.5, 0.6) is 5.75 Å². The Bertz CT molecular complexity index is 802. The fourth-order valence-electron chi connectivity index (χ4n) is 2.10. The Morgan fingerprint density at radius 1 is 1.00 bits per heavy atom. The Morgan fingerprint density at radius 3 is 2.43 bits per heavy atom. The predicted octanol–water partition coefficient (Wildman–Crippen LogP) is 3.40. The maximum absolute atomic E-state index is 12.2. The van der Waals surface area contributed by atoms with E-state index in [1.165, 1.54) is 0 Å². The summed E-state index contributed by atoms with van der Waals surface area (Å²) in [4.78, 5) is 20.8. The lowest BCUT2D eigenvalue weighted by molar-refractivity contribution is 0.102. The van der Waals surface area contributed by atoms with E-state index in [0.717, 1.165) is 5.56 Å². The van der Waals surface area contributed by atoms with Gasteiger partial charge in [0.25, 0.3) is 5.91 Å². The molecule has 0 saturated heterocycles. The molecule has 114 valence electrons. The second-order valence-electron chi connectivity index (χ2n) is 4.85. The number of carbonyl (C=O) groups is 1. The van der Waals surface area contributed by atoms with Crippen molar-refractivity contribution in [3.8, 4) is 17.1 Å². The largest absolute Gasteiger partial charge is 0.497 e. The van der Waals surface area contributed by atoms with Crippen molar-refractivity contribution in [2.75, 3.05) is 12.4 Å². The number of nitrogens with zero attached hydrogens (tertiary/aromatic N) is 2. The third-order valence-corrected chi connectivity index (χ3v) is 3.27. The van der Waals surface area contributed by atoms with Crippen LogP contribution in [-0.2, 0) is 0 Å². The molecular weight excluding hydrogens is 290 g/mol. The van der Waals surface area contributed by atoms with Gasteiger partial charge in [-0.1, -0.05) is 36.4 Å². The molecular formula is C18H15N3O2. The highest BCUT2D eigenvalue weighted by Gasteiger charge is 2.08. The number of nitrogens with one attached hydrogen (secondary N) is 1. The van der Waals surface area contributed by atoms with Gasteiger partial charge in [-0.25, -0.2) is 9.97 Å². The van der Waals surface area contributed by atoms with Gasteiger partial charge in [0, 0.05) is 11.1 Å². The first-order chi connectivity index (χ1) is 11.3. The van der Waals surface area contributed by atoms with Gasteiger partial charge in [-0.2, -0.15) is 0 Å². The molecule has 0 unspecified atom stereocenters. The van der Waals surface area contributed by atoms with Gasteiger partial charge in [0.15, 0.2) is 5.82 Å². The first-order valence-corrected chi connectivity index (χ1v) is 7.09. The lowest BCUT2D eigenvalue weighted by atomic mass is 10.2. The Balaban J connectivity index is 1.74. The third kappa shape index (κ3) is 3.52. The number of hydrogen-bond acceptors (Lipinski definition) is 4. The van der Waals surface area contributed by atoms with Gasteiger partial charge in [-0.15, -0.1) is 0 Å². The predicted molar refractivity (Wildman–Crippen MR) is 88.4 cm³/mol. The minimum atomic E-state index is -0.236. The number of methoxy groups -OCH3 is 1. The summed E-state index contributed by atoms with van der Waals surface area (Å²) in [5, 5.41) is 2.77. The van der Waals surface area contributed by atoms with Crippen molar-refractivity contribution in [2.45, 2.75) is 0 Å². The van der Waals surface area contributed by atoms with Gasteiger partial charge in [-0.05, 0) is 18.2 Å². The van der Waals surface area contributed by atoms with E-state index >= 15 is 0 Å². The first-order valence-electron chi connectivity index (χ1n) is 7.09. The Hall–Kier alpha value is -3.21. The molecule has 0 saturated carbocycles. The second kappa shape index (κ2) is 6.70. The average Bonchev–Trinajstić information content (AvgIpc) is 2.63. The van der Waals surface area contributed by atoms with Crippen molar-refractivity contribution in [2.24, 2.45) is 0 Å². The van der Waals surface area contributed by atoms with Crippen LogP contribution in [0.3, 0.4) is 0 Å². The van der Waals surface area contributed by atoms with E-state index in [1.54, 1.807) is 43.8 Å². The molecule has 23 heavy (non-hydrogen) atoms. The highest BCUT2D eigenvalue weighted by atomic mass is 16.5. The monoisotopic (exact) mass is 305 g/mol. The van der Waals surface area contributed by atoms with E-state index < -0.39 is 0 Å². The smallest absolute Gasteiger partial charge is 0.255 e. The molecule has 5 heteroatoms. The molecule has 0 aliphatic heterocycles. The molecule has 5 nitrogen and oxygen atoms in total. The lowest BCUT2D eigenvalue weighted by Crippen LogP contribution is -2.12. The zero-order chi connectivity index (χ0) is 16.1. The topological polar surface area (TPSA) is 64.1 Å². The van der Waals surface area contributed by atoms with Gasteiger partial charge >= 0.3 is 0 Å². The molecule has 0 bridgehead atoms. The average molecular weight is 305 g/mol. The summed E-state index contributed by atoms with van der Waals surface area (Å²) in [5.74, 6) is 1.01. The SMILES string of the molecule is COc1cccc(C(=O)Nc2cnc(-c3ccccc3)nc2)c1. The number of aromatic nitrogens is 2. The third-order valence-electron chi connectivity index (χ3n) is 3.27. The van der Waals surface area contributed by atoms with E-state index in [2.05, 4.69) is 15.3 Å². The van der Waals surface area contributed by atoms with Crippen molar-refractivity contribution >= 4 is 11.6 Å². The Labute approximate surface area is 134 Å². The molecule has 1 N–H and O–H groups in total. The molecule has 1 heterocycles. The van der Waals surface area contributed by atoms with Crippen LogP contribution in [0.15, 0.2) is 67.0 Å². The quantitative estimate of drug-likeness (QED) is 0.802. The summed E-state index contributed by atoms with van der Waals surface area (Å²) in [5.41, 5.74) is 1.98. The highest BCUT2D eigenvalue weighted by molar-refractivity contribution is 6.04. The standard InChI is InChI=1S/C18H15N3O2/c1-23-16-9-5-8-14(10-16)18(22)21-15-11-19-17(20-12-15)13-6-3-2-4-7-13/h2-12H,1H3,(H,21,22). The molecule has 3 aromatic rings. The molecule has 0 radical (unpaired) electrons. The van der Waals surface area contributed by atoms with Gasteiger partial charge < -0.3 is 10.1 Å². The molecule has 0 aliphatic carbocycles. The summed E-state index contributed by atoms with van der Waals surface area (Å²) in [6, 6.07) is 16.6. The van der Waals surface area contributed by atoms with Crippen molar-refractivity contribution in [3.05, 3.63) is 72.6 Å². The van der Waals surface area contributed by atoms with Crippen LogP contribution in [0.25, 0.3) is 11.4 Å². The molecule has 3 rings (SSSR count). The summed E-state index contributed by atoms with van der Waals surface area (Å²) < 4.78 is 5.12. The van der Waals surface area contributed by atoms with Gasteiger partial charge in [0.2, 0.25) is 0 Å². The van der Waals surface area contributed by atoms with Crippen molar-refractivity contribution in [3.63, 3.8) is 0 Å². The molecule has 0 spiro atoms. The molecule has 2 aromatic carbocycles. The zero-order valence-electron chi connectivity index (χ0n) is 12.6. The molecule has 0 atom stereocenters. The molecule has 0 fully saturated rings. The van der Waals surface area contributed by atoms with E-state index in [0.29, 0.717) is 22.8 Å². The highest BCUT2D eigenvalue weighted by Crippen LogP contribution is 2.16. The minimum absolute atomic E-state index is 0.236. The summed E-state index contributed by atoms with van der Waals surface area (Å²) in [7, 11) is 1.56. The van der Waals surface area contributed by atoms with Crippen LogP contribution in [0.4, 0.5) is 5.69 Å². The summed E-state index contributed by atoms with van der Waals surface area (Å²) >= 11 is 0. The number of carbonyl (C=O) groups excluding carboxylic acids is 1. The Kier molecular flexibility index (Phi) is 4.29. The van der Waals surface area contributed by atoms with Crippen LogP contribution in [0.2, 0.25) is 0 Å². The normalized spacial score (nSPS) is 10.1. The fraction of sp³-hybridized carbons (Fsp3) is 0.0556. The lowest BCUT2D eigenvalue weighted by Gasteiger charge is -2.07. The number of anilines is 1. The van der Waals surface area contributed by atoms with Gasteiger partial charge in [0.1, 0.15) is 5.75 Å². The first kappa shape index (κ1) is 14.7.